The Morgan fingerprint density at radius 2 is 2.40 bits per heavy atom. The molecule has 0 amide bonds. The minimum Gasteiger partial charge on any atom is -0.227 e. The summed E-state index contributed by atoms with van der Waals surface area (Å²) in [5, 5.41) is 0.412. The quantitative estimate of drug-likeness (QED) is 0.654. The van der Waals surface area contributed by atoms with Gasteiger partial charge in [0.05, 0.1) is 0 Å². The third kappa shape index (κ3) is 2.59. The molecule has 0 spiro atoms. The van der Waals surface area contributed by atoms with Gasteiger partial charge in [-0.15, -0.1) is 0 Å². The van der Waals surface area contributed by atoms with E-state index in [1.165, 1.54) is 6.33 Å². The van der Waals surface area contributed by atoms with Crippen molar-refractivity contribution in [2.75, 3.05) is 0 Å². The highest BCUT2D eigenvalue weighted by Crippen LogP contribution is 2.08. The van der Waals surface area contributed by atoms with Crippen LogP contribution in [0.15, 0.2) is 6.33 Å². The van der Waals surface area contributed by atoms with E-state index in [2.05, 4.69) is 9.36 Å². The number of hydrogen-bond acceptors (Lipinski definition) is 5. The van der Waals surface area contributed by atoms with E-state index in [4.69, 9.17) is 10.7 Å². The van der Waals surface area contributed by atoms with Gasteiger partial charge in [0, 0.05) is 10.7 Å². The molecule has 1 aromatic heterocycles. The Balaban J connectivity index is 2.75. The van der Waals surface area contributed by atoms with Crippen LogP contribution < -0.4 is 0 Å². The second kappa shape index (κ2) is 2.81. The fourth-order valence-electron chi connectivity index (χ4n) is 0.407. The Hall–Kier alpha value is -0.200. The van der Waals surface area contributed by atoms with Gasteiger partial charge < -0.3 is 0 Å². The van der Waals surface area contributed by atoms with Crippen LogP contribution in [0, 0.1) is 0 Å². The van der Waals surface area contributed by atoms with Crippen molar-refractivity contribution in [3.63, 3.8) is 0 Å². The number of aromatic nitrogens is 2. The third-order valence-corrected chi connectivity index (χ3v) is 2.49. The van der Waals surface area contributed by atoms with Gasteiger partial charge >= 0.3 is 0 Å². The second-order valence-corrected chi connectivity index (χ2v) is 5.16. The van der Waals surface area contributed by atoms with Gasteiger partial charge in [0.1, 0.15) is 17.1 Å². The Bertz CT molecular complexity index is 292. The van der Waals surface area contributed by atoms with Gasteiger partial charge in [0.25, 0.3) is 0 Å². The van der Waals surface area contributed by atoms with Gasteiger partial charge in [0.2, 0.25) is 9.05 Å². The van der Waals surface area contributed by atoms with Crippen LogP contribution in [0.4, 0.5) is 0 Å². The Kier molecular flexibility index (Phi) is 2.22. The lowest BCUT2D eigenvalue weighted by Gasteiger charge is -1.85. The maximum atomic E-state index is 10.4. The number of halogens is 1. The van der Waals surface area contributed by atoms with Crippen LogP contribution in [0.25, 0.3) is 0 Å². The molecule has 0 radical (unpaired) electrons. The molecule has 0 aliphatic rings. The van der Waals surface area contributed by atoms with E-state index in [1.807, 2.05) is 0 Å². The Morgan fingerprint density at radius 1 is 1.70 bits per heavy atom. The average molecular weight is 199 g/mol. The second-order valence-electron chi connectivity index (χ2n) is 1.52. The van der Waals surface area contributed by atoms with Gasteiger partial charge in [-0.05, 0) is 11.5 Å². The summed E-state index contributed by atoms with van der Waals surface area (Å²) >= 11 is 1.03. The summed E-state index contributed by atoms with van der Waals surface area (Å²) in [5.74, 6) is -0.237. The average Bonchev–Trinajstić information content (AvgIpc) is 2.12. The van der Waals surface area contributed by atoms with Crippen molar-refractivity contribution in [2.45, 2.75) is 5.75 Å². The number of nitrogens with zero attached hydrogens (tertiary/aromatic N) is 2. The van der Waals surface area contributed by atoms with Crippen LogP contribution in [0.1, 0.15) is 5.01 Å². The fourth-order valence-corrected chi connectivity index (χ4v) is 2.27. The summed E-state index contributed by atoms with van der Waals surface area (Å²) in [6.45, 7) is 0. The van der Waals surface area contributed by atoms with Gasteiger partial charge in [0.15, 0.2) is 0 Å². The van der Waals surface area contributed by atoms with Crippen LogP contribution in [-0.2, 0) is 14.8 Å². The summed E-state index contributed by atoms with van der Waals surface area (Å²) < 4.78 is 24.4. The largest absolute Gasteiger partial charge is 0.239 e. The maximum Gasteiger partial charge on any atom is 0.239 e. The molecule has 0 atom stereocenters. The fraction of sp³-hybridized carbons (Fsp3) is 0.333. The molecule has 0 saturated carbocycles. The Morgan fingerprint density at radius 3 is 2.80 bits per heavy atom. The van der Waals surface area contributed by atoms with Crippen molar-refractivity contribution < 1.29 is 8.42 Å². The minimum atomic E-state index is -3.47. The normalized spacial score (nSPS) is 11.7. The molecule has 0 unspecified atom stereocenters. The molecule has 1 aromatic rings. The first-order valence-electron chi connectivity index (χ1n) is 2.26. The van der Waals surface area contributed by atoms with Crippen LogP contribution in [0.5, 0.6) is 0 Å². The molecule has 0 saturated heterocycles. The van der Waals surface area contributed by atoms with E-state index in [0.717, 1.165) is 11.5 Å². The SMILES string of the molecule is O=S(=O)(Cl)Cc1ncns1. The zero-order chi connectivity index (χ0) is 7.61. The standard InChI is InChI=1S/C3H3ClN2O2S2/c4-10(7,8)1-3-5-2-6-9-3/h2H,1H2. The van der Waals surface area contributed by atoms with Crippen molar-refractivity contribution in [1.82, 2.24) is 9.36 Å². The first kappa shape index (κ1) is 7.90. The first-order valence-corrected chi connectivity index (χ1v) is 5.51. The molecule has 1 rings (SSSR count). The summed E-state index contributed by atoms with van der Waals surface area (Å²) in [5.41, 5.74) is 0. The monoisotopic (exact) mass is 198 g/mol. The maximum absolute atomic E-state index is 10.4. The molecule has 0 bridgehead atoms. The van der Waals surface area contributed by atoms with Crippen molar-refractivity contribution in [3.05, 3.63) is 11.3 Å². The predicted molar refractivity (Wildman–Crippen MR) is 38.4 cm³/mol. The molecule has 56 valence electrons. The highest BCUT2D eigenvalue weighted by molar-refractivity contribution is 8.13. The van der Waals surface area contributed by atoms with Gasteiger partial charge in [-0.3, -0.25) is 0 Å². The number of hydrogen-bond donors (Lipinski definition) is 0. The summed E-state index contributed by atoms with van der Waals surface area (Å²) in [6, 6.07) is 0. The Labute approximate surface area is 66.4 Å². The molecular formula is C3H3ClN2O2S2. The molecule has 0 aromatic carbocycles. The molecule has 10 heavy (non-hydrogen) atoms. The lowest BCUT2D eigenvalue weighted by atomic mass is 10.8. The predicted octanol–water partition coefficient (Wildman–Crippen LogP) is 0.607. The lowest BCUT2D eigenvalue weighted by molar-refractivity contribution is 0.609. The minimum absolute atomic E-state index is 0.237. The van der Waals surface area contributed by atoms with E-state index in [-0.39, 0.29) is 5.75 Å². The summed E-state index contributed by atoms with van der Waals surface area (Å²) in [6.07, 6.45) is 1.29. The van der Waals surface area contributed by atoms with Crippen molar-refractivity contribution in [3.8, 4) is 0 Å². The van der Waals surface area contributed by atoms with Crippen LogP contribution in [0.2, 0.25) is 0 Å². The lowest BCUT2D eigenvalue weighted by Crippen LogP contribution is -1.93. The zero-order valence-corrected chi connectivity index (χ0v) is 7.08. The highest BCUT2D eigenvalue weighted by Gasteiger charge is 2.08. The number of rotatable bonds is 2. The van der Waals surface area contributed by atoms with Crippen LogP contribution >= 0.6 is 22.2 Å². The smallest absolute Gasteiger partial charge is 0.227 e. The third-order valence-electron chi connectivity index (χ3n) is 0.703. The van der Waals surface area contributed by atoms with Crippen molar-refractivity contribution in [2.24, 2.45) is 0 Å². The molecule has 0 aliphatic carbocycles. The van der Waals surface area contributed by atoms with Crippen LogP contribution in [0.3, 0.4) is 0 Å². The molecule has 0 aliphatic heterocycles. The molecule has 7 heteroatoms. The van der Waals surface area contributed by atoms with Crippen LogP contribution in [-0.4, -0.2) is 17.8 Å². The van der Waals surface area contributed by atoms with E-state index >= 15 is 0 Å². The van der Waals surface area contributed by atoms with Gasteiger partial charge in [-0.1, -0.05) is 0 Å². The zero-order valence-electron chi connectivity index (χ0n) is 4.69. The van der Waals surface area contributed by atoms with E-state index in [1.54, 1.807) is 0 Å². The molecule has 0 fully saturated rings. The van der Waals surface area contributed by atoms with E-state index < -0.39 is 9.05 Å². The summed E-state index contributed by atoms with van der Waals surface area (Å²) in [7, 11) is 1.47. The van der Waals surface area contributed by atoms with Gasteiger partial charge in [-0.25, -0.2) is 13.4 Å². The first-order chi connectivity index (χ1) is 4.58. The summed E-state index contributed by atoms with van der Waals surface area (Å²) in [4.78, 5) is 3.65. The molecule has 4 nitrogen and oxygen atoms in total. The van der Waals surface area contributed by atoms with Crippen molar-refractivity contribution in [1.29, 1.82) is 0 Å². The molecule has 1 heterocycles. The molecule has 0 N–H and O–H groups in total. The van der Waals surface area contributed by atoms with Gasteiger partial charge in [-0.2, -0.15) is 4.37 Å². The topological polar surface area (TPSA) is 59.9 Å². The van der Waals surface area contributed by atoms with E-state index in [0.29, 0.717) is 5.01 Å². The van der Waals surface area contributed by atoms with Crippen molar-refractivity contribution >= 4 is 31.3 Å². The van der Waals surface area contributed by atoms with E-state index in [9.17, 15) is 8.42 Å². The molecular weight excluding hydrogens is 196 g/mol. The highest BCUT2D eigenvalue weighted by atomic mass is 35.7.